The average molecular weight is 593 g/mol. The zero-order valence-electron chi connectivity index (χ0n) is 25.2. The minimum absolute atomic E-state index is 0.0929. The molecule has 1 N–H and O–H groups in total. The molecule has 2 aromatic carbocycles. The van der Waals surface area contributed by atoms with Gasteiger partial charge in [0.15, 0.2) is 0 Å². The van der Waals surface area contributed by atoms with Gasteiger partial charge in [0.25, 0.3) is 0 Å². The van der Waals surface area contributed by atoms with E-state index in [0.717, 1.165) is 62.2 Å². The predicted octanol–water partition coefficient (Wildman–Crippen LogP) is 7.72. The fourth-order valence-corrected chi connectivity index (χ4v) is 8.54. The Morgan fingerprint density at radius 1 is 0.976 bits per heavy atom. The summed E-state index contributed by atoms with van der Waals surface area (Å²) in [6.45, 7) is 14.5. The minimum Gasteiger partial charge on any atom is -0.380 e. The molecule has 0 aromatic heterocycles. The standard InChI is InChI=1S/C35H49ClN4S/c1-26(23-34-32-14-10-9-13-30(32)25-38(34)3)37-33(24-28-15-17-31(36)18-16-28)27(2)39-19-21-40(22-20-39)35(41-4)29-11-7-5-6-8-12-29/h9-10,13-18,29,33-35,37H,1-2,5-8,11-12,19-25H2,3-4H3. The number of nitrogens with zero attached hydrogens (tertiary/aromatic N) is 3. The maximum Gasteiger partial charge on any atom is 0.0692 e. The molecule has 3 unspecified atom stereocenters. The third kappa shape index (κ3) is 7.73. The molecule has 222 valence electrons. The van der Waals surface area contributed by atoms with Crippen molar-refractivity contribution in [2.75, 3.05) is 39.5 Å². The van der Waals surface area contributed by atoms with Crippen molar-refractivity contribution in [2.24, 2.45) is 5.92 Å². The van der Waals surface area contributed by atoms with E-state index >= 15 is 0 Å². The third-order valence-corrected chi connectivity index (χ3v) is 11.0. The van der Waals surface area contributed by atoms with Crippen LogP contribution >= 0.6 is 23.4 Å². The minimum atomic E-state index is 0.0929. The third-order valence-electron chi connectivity index (χ3n) is 9.56. The summed E-state index contributed by atoms with van der Waals surface area (Å²) in [6, 6.07) is 17.5. The Kier molecular flexibility index (Phi) is 10.8. The van der Waals surface area contributed by atoms with Crippen molar-refractivity contribution in [3.8, 4) is 0 Å². The molecule has 0 spiro atoms. The van der Waals surface area contributed by atoms with Crippen LogP contribution in [0.5, 0.6) is 0 Å². The molecular formula is C35H49ClN4S. The van der Waals surface area contributed by atoms with Crippen LogP contribution in [0.2, 0.25) is 5.02 Å². The summed E-state index contributed by atoms with van der Waals surface area (Å²) >= 11 is 8.29. The van der Waals surface area contributed by atoms with Gasteiger partial charge in [-0.1, -0.05) is 86.8 Å². The van der Waals surface area contributed by atoms with E-state index in [2.05, 4.69) is 94.6 Å². The van der Waals surface area contributed by atoms with Crippen molar-refractivity contribution in [3.05, 3.63) is 94.8 Å². The lowest BCUT2D eigenvalue weighted by atomic mass is 9.98. The summed E-state index contributed by atoms with van der Waals surface area (Å²) in [5.41, 5.74) is 6.38. The largest absolute Gasteiger partial charge is 0.380 e. The van der Waals surface area contributed by atoms with Gasteiger partial charge in [-0.15, -0.1) is 11.8 Å². The van der Waals surface area contributed by atoms with Crippen molar-refractivity contribution in [3.63, 3.8) is 0 Å². The molecule has 4 nitrogen and oxygen atoms in total. The normalized spacial score (nSPS) is 22.1. The van der Waals surface area contributed by atoms with Crippen molar-refractivity contribution >= 4 is 23.4 Å². The van der Waals surface area contributed by atoms with Gasteiger partial charge in [-0.3, -0.25) is 9.80 Å². The van der Waals surface area contributed by atoms with Gasteiger partial charge in [0.1, 0.15) is 0 Å². The number of halogens is 1. The summed E-state index contributed by atoms with van der Waals surface area (Å²) in [6.07, 6.45) is 12.5. The Bertz CT molecular complexity index is 1150. The summed E-state index contributed by atoms with van der Waals surface area (Å²) in [7, 11) is 2.22. The van der Waals surface area contributed by atoms with E-state index in [1.165, 1.54) is 60.9 Å². The van der Waals surface area contributed by atoms with Crippen LogP contribution in [0.15, 0.2) is 73.1 Å². The van der Waals surface area contributed by atoms with Crippen LogP contribution in [0.25, 0.3) is 0 Å². The van der Waals surface area contributed by atoms with E-state index in [1.807, 2.05) is 12.1 Å². The van der Waals surface area contributed by atoms with Crippen molar-refractivity contribution in [2.45, 2.75) is 75.4 Å². The first-order valence-corrected chi connectivity index (χ1v) is 17.3. The topological polar surface area (TPSA) is 21.8 Å². The Hall–Kier alpha value is -1.92. The number of nitrogens with one attached hydrogen (secondary N) is 1. The Labute approximate surface area is 258 Å². The second-order valence-electron chi connectivity index (χ2n) is 12.4. The molecule has 0 radical (unpaired) electrons. The van der Waals surface area contributed by atoms with E-state index in [0.29, 0.717) is 11.4 Å². The van der Waals surface area contributed by atoms with Crippen molar-refractivity contribution in [1.29, 1.82) is 0 Å². The van der Waals surface area contributed by atoms with Crippen molar-refractivity contribution < 1.29 is 0 Å². The van der Waals surface area contributed by atoms with E-state index in [-0.39, 0.29) is 6.04 Å². The first kappa shape index (κ1) is 30.5. The summed E-state index contributed by atoms with van der Waals surface area (Å²) in [5.74, 6) is 0.837. The smallest absolute Gasteiger partial charge is 0.0692 e. The Balaban J connectivity index is 1.24. The van der Waals surface area contributed by atoms with E-state index in [9.17, 15) is 0 Å². The number of thioether (sulfide) groups is 1. The molecule has 0 amide bonds. The van der Waals surface area contributed by atoms with E-state index < -0.39 is 0 Å². The lowest BCUT2D eigenvalue weighted by Crippen LogP contribution is -2.53. The van der Waals surface area contributed by atoms with Gasteiger partial charge in [0.05, 0.1) is 11.4 Å². The molecule has 1 aliphatic carbocycles. The fourth-order valence-electron chi connectivity index (χ4n) is 7.25. The van der Waals surface area contributed by atoms with Gasteiger partial charge >= 0.3 is 0 Å². The molecule has 0 bridgehead atoms. The van der Waals surface area contributed by atoms with Gasteiger partial charge in [-0.25, -0.2) is 0 Å². The highest BCUT2D eigenvalue weighted by Crippen LogP contribution is 2.36. The predicted molar refractivity (Wildman–Crippen MR) is 177 cm³/mol. The average Bonchev–Trinajstić information content (AvgIpc) is 3.12. The quantitative estimate of drug-likeness (QED) is 0.269. The van der Waals surface area contributed by atoms with Gasteiger partial charge in [0.2, 0.25) is 0 Å². The molecule has 1 saturated carbocycles. The van der Waals surface area contributed by atoms with Gasteiger partial charge in [-0.05, 0) is 67.3 Å². The number of hydrogen-bond donors (Lipinski definition) is 1. The number of rotatable bonds is 11. The lowest BCUT2D eigenvalue weighted by molar-refractivity contribution is 0.116. The molecule has 2 heterocycles. The lowest BCUT2D eigenvalue weighted by Gasteiger charge is -2.44. The zero-order chi connectivity index (χ0) is 28.8. The van der Waals surface area contributed by atoms with Crippen LogP contribution in [-0.2, 0) is 13.0 Å². The summed E-state index contributed by atoms with van der Waals surface area (Å²) in [4.78, 5) is 7.73. The second-order valence-corrected chi connectivity index (χ2v) is 13.7. The molecule has 41 heavy (non-hydrogen) atoms. The highest BCUT2D eigenvalue weighted by atomic mass is 35.5. The van der Waals surface area contributed by atoms with E-state index in [1.54, 1.807) is 0 Å². The number of piperazine rings is 1. The second kappa shape index (κ2) is 14.5. The number of fused-ring (bicyclic) bond motifs is 1. The zero-order valence-corrected chi connectivity index (χ0v) is 26.7. The van der Waals surface area contributed by atoms with Crippen LogP contribution in [0.3, 0.4) is 0 Å². The molecule has 5 rings (SSSR count). The number of hydrogen-bond acceptors (Lipinski definition) is 5. The van der Waals surface area contributed by atoms with Gasteiger partial charge in [-0.2, -0.15) is 0 Å². The fraction of sp³-hybridized carbons (Fsp3) is 0.543. The van der Waals surface area contributed by atoms with Crippen LogP contribution < -0.4 is 5.32 Å². The van der Waals surface area contributed by atoms with Crippen LogP contribution in [0, 0.1) is 5.92 Å². The monoisotopic (exact) mass is 592 g/mol. The highest BCUT2D eigenvalue weighted by molar-refractivity contribution is 7.99. The van der Waals surface area contributed by atoms with Crippen molar-refractivity contribution in [1.82, 2.24) is 20.0 Å². The van der Waals surface area contributed by atoms with Gasteiger partial charge < -0.3 is 10.2 Å². The molecule has 2 aliphatic heterocycles. The molecular weight excluding hydrogens is 544 g/mol. The molecule has 1 saturated heterocycles. The Morgan fingerprint density at radius 3 is 2.34 bits per heavy atom. The SMILES string of the molecule is C=C(CC1c2ccccc2CN1C)NC(Cc1ccc(Cl)cc1)C(=C)N1CCN(C(SC)C2CCCCCC2)CC1. The van der Waals surface area contributed by atoms with Crippen LogP contribution in [0.1, 0.15) is 67.7 Å². The molecule has 2 aromatic rings. The van der Waals surface area contributed by atoms with Crippen LogP contribution in [-0.4, -0.2) is 65.6 Å². The number of benzene rings is 2. The first-order valence-electron chi connectivity index (χ1n) is 15.6. The van der Waals surface area contributed by atoms with Crippen LogP contribution in [0.4, 0.5) is 0 Å². The maximum atomic E-state index is 6.22. The summed E-state index contributed by atoms with van der Waals surface area (Å²) < 4.78 is 0. The van der Waals surface area contributed by atoms with Gasteiger partial charge in [0, 0.05) is 61.6 Å². The maximum absolute atomic E-state index is 6.22. The summed E-state index contributed by atoms with van der Waals surface area (Å²) in [5, 5.41) is 5.27. The Morgan fingerprint density at radius 2 is 1.66 bits per heavy atom. The first-order chi connectivity index (χ1) is 19.9. The highest BCUT2D eigenvalue weighted by Gasteiger charge is 2.32. The van der Waals surface area contributed by atoms with E-state index in [4.69, 9.17) is 11.6 Å². The molecule has 3 atom stereocenters. The molecule has 3 aliphatic rings. The molecule has 2 fully saturated rings. The molecule has 6 heteroatoms.